The summed E-state index contributed by atoms with van der Waals surface area (Å²) < 4.78 is 5.59. The van der Waals surface area contributed by atoms with Crippen molar-refractivity contribution in [2.24, 2.45) is 5.92 Å². The van der Waals surface area contributed by atoms with Crippen LogP contribution in [0.25, 0.3) is 0 Å². The van der Waals surface area contributed by atoms with Gasteiger partial charge in [-0.3, -0.25) is 0 Å². The molecule has 146 valence electrons. The van der Waals surface area contributed by atoms with Crippen molar-refractivity contribution in [3.05, 3.63) is 65.7 Å². The molecule has 0 heterocycles. The summed E-state index contributed by atoms with van der Waals surface area (Å²) in [7, 11) is 0. The van der Waals surface area contributed by atoms with Gasteiger partial charge >= 0.3 is 0 Å². The Morgan fingerprint density at radius 2 is 1.67 bits per heavy atom. The van der Waals surface area contributed by atoms with E-state index in [1.165, 1.54) is 0 Å². The molecule has 0 radical (unpaired) electrons. The van der Waals surface area contributed by atoms with Crippen LogP contribution in [-0.2, 0) is 22.4 Å². The van der Waals surface area contributed by atoms with Crippen LogP contribution in [0.5, 0.6) is 5.75 Å². The lowest BCUT2D eigenvalue weighted by molar-refractivity contribution is -0.111. The van der Waals surface area contributed by atoms with Gasteiger partial charge in [-0.25, -0.2) is 0 Å². The minimum atomic E-state index is -0.514. The maximum Gasteiger partial charge on any atom is 0.124 e. The lowest BCUT2D eigenvalue weighted by Gasteiger charge is -2.22. The fraction of sp³-hybridized carbons (Fsp3) is 0.409. The van der Waals surface area contributed by atoms with Crippen LogP contribution in [-0.4, -0.2) is 48.4 Å². The Kier molecular flexibility index (Phi) is 8.98. The van der Waals surface area contributed by atoms with Crippen LogP contribution >= 0.6 is 0 Å². The second-order valence-corrected chi connectivity index (χ2v) is 6.95. The van der Waals surface area contributed by atoms with Crippen molar-refractivity contribution in [1.82, 2.24) is 5.32 Å². The van der Waals surface area contributed by atoms with Crippen molar-refractivity contribution in [3.63, 3.8) is 0 Å². The van der Waals surface area contributed by atoms with E-state index in [-0.39, 0.29) is 24.3 Å². The molecule has 3 N–H and O–H groups in total. The van der Waals surface area contributed by atoms with E-state index in [4.69, 9.17) is 4.74 Å². The Labute approximate surface area is 161 Å². The summed E-state index contributed by atoms with van der Waals surface area (Å²) in [5, 5.41) is 22.2. The van der Waals surface area contributed by atoms with Crippen LogP contribution in [0.4, 0.5) is 0 Å². The molecular formula is C22H29NO4. The minimum Gasteiger partial charge on any atom is -0.508 e. The molecule has 27 heavy (non-hydrogen) atoms. The fourth-order valence-electron chi connectivity index (χ4n) is 2.89. The predicted molar refractivity (Wildman–Crippen MR) is 106 cm³/mol. The molecule has 0 fully saturated rings. The molecule has 0 saturated carbocycles. The van der Waals surface area contributed by atoms with E-state index in [0.29, 0.717) is 26.0 Å². The van der Waals surface area contributed by atoms with Crippen molar-refractivity contribution < 1.29 is 19.7 Å². The van der Waals surface area contributed by atoms with Gasteiger partial charge in [-0.05, 0) is 43.0 Å². The Bertz CT molecular complexity index is 658. The topological polar surface area (TPSA) is 78.8 Å². The highest BCUT2D eigenvalue weighted by Crippen LogP contribution is 2.12. The summed E-state index contributed by atoms with van der Waals surface area (Å²) in [4.78, 5) is 11.5. The maximum absolute atomic E-state index is 11.5. The molecule has 0 aliphatic rings. The highest BCUT2D eigenvalue weighted by atomic mass is 16.5. The van der Waals surface area contributed by atoms with Crippen LogP contribution in [0, 0.1) is 5.92 Å². The molecule has 0 aromatic heterocycles. The van der Waals surface area contributed by atoms with Crippen molar-refractivity contribution in [2.75, 3.05) is 19.8 Å². The summed E-state index contributed by atoms with van der Waals surface area (Å²) >= 11 is 0. The summed E-state index contributed by atoms with van der Waals surface area (Å²) in [6, 6.07) is 17.0. The number of aliphatic hydroxyl groups is 1. The normalized spacial score (nSPS) is 14.4. The van der Waals surface area contributed by atoms with Crippen LogP contribution in [0.3, 0.4) is 0 Å². The van der Waals surface area contributed by atoms with Crippen LogP contribution in [0.15, 0.2) is 54.6 Å². The number of phenolic OH excluding ortho intramolecular Hbond substituents is 1. The zero-order chi connectivity index (χ0) is 19.5. The Morgan fingerprint density at radius 1 is 1.00 bits per heavy atom. The molecule has 5 heteroatoms. The molecule has 0 amide bonds. The first-order chi connectivity index (χ1) is 13.1. The molecule has 0 aliphatic heterocycles. The van der Waals surface area contributed by atoms with Gasteiger partial charge in [0.05, 0.1) is 19.3 Å². The van der Waals surface area contributed by atoms with Crippen molar-refractivity contribution >= 4 is 6.29 Å². The molecule has 5 nitrogen and oxygen atoms in total. The number of hydrogen-bond donors (Lipinski definition) is 3. The van der Waals surface area contributed by atoms with E-state index in [2.05, 4.69) is 5.32 Å². The molecule has 2 aromatic rings. The van der Waals surface area contributed by atoms with Gasteiger partial charge in [-0.1, -0.05) is 42.5 Å². The van der Waals surface area contributed by atoms with Crippen molar-refractivity contribution in [1.29, 1.82) is 0 Å². The van der Waals surface area contributed by atoms with E-state index >= 15 is 0 Å². The number of aldehydes is 1. The third kappa shape index (κ3) is 8.35. The molecule has 3 unspecified atom stereocenters. The van der Waals surface area contributed by atoms with Crippen LogP contribution in [0.2, 0.25) is 0 Å². The van der Waals surface area contributed by atoms with Gasteiger partial charge in [0.1, 0.15) is 12.0 Å². The van der Waals surface area contributed by atoms with E-state index in [1.807, 2.05) is 42.5 Å². The Morgan fingerprint density at radius 3 is 2.30 bits per heavy atom. The van der Waals surface area contributed by atoms with Crippen molar-refractivity contribution in [3.8, 4) is 5.75 Å². The fourth-order valence-corrected chi connectivity index (χ4v) is 2.89. The monoisotopic (exact) mass is 371 g/mol. The van der Waals surface area contributed by atoms with Crippen LogP contribution in [0.1, 0.15) is 18.1 Å². The number of aliphatic hydroxyl groups excluding tert-OH is 1. The maximum atomic E-state index is 11.5. The quantitative estimate of drug-likeness (QED) is 0.499. The lowest BCUT2D eigenvalue weighted by atomic mass is 9.99. The zero-order valence-corrected chi connectivity index (χ0v) is 15.8. The summed E-state index contributed by atoms with van der Waals surface area (Å²) in [5.74, 6) is 0.115. The SMILES string of the molecule is CC(O)COCC(Cc1ccc(O)cc1)NCC(C=O)Cc1ccccc1. The number of ether oxygens (including phenoxy) is 1. The third-order valence-corrected chi connectivity index (χ3v) is 4.30. The number of aromatic hydroxyl groups is 1. The largest absolute Gasteiger partial charge is 0.508 e. The first-order valence-corrected chi connectivity index (χ1v) is 9.33. The first kappa shape index (κ1) is 21.1. The second kappa shape index (κ2) is 11.5. The van der Waals surface area contributed by atoms with Crippen molar-refractivity contribution in [2.45, 2.75) is 31.9 Å². The molecular weight excluding hydrogens is 342 g/mol. The van der Waals surface area contributed by atoms with E-state index in [0.717, 1.165) is 17.4 Å². The third-order valence-electron chi connectivity index (χ3n) is 4.30. The number of carbonyl (C=O) groups excluding carboxylic acids is 1. The predicted octanol–water partition coefficient (Wildman–Crippen LogP) is 2.35. The van der Waals surface area contributed by atoms with Gasteiger partial charge in [0.25, 0.3) is 0 Å². The van der Waals surface area contributed by atoms with E-state index in [9.17, 15) is 15.0 Å². The van der Waals surface area contributed by atoms with Crippen LogP contribution < -0.4 is 5.32 Å². The van der Waals surface area contributed by atoms with Gasteiger partial charge in [-0.2, -0.15) is 0 Å². The standard InChI is InChI=1S/C22H29NO4/c1-17(25)15-27-16-21(12-19-7-9-22(26)10-8-19)23-13-20(14-24)11-18-5-3-2-4-6-18/h2-10,14,17,20-21,23,25-26H,11-13,15-16H2,1H3. The number of hydrogen-bond acceptors (Lipinski definition) is 5. The number of carbonyl (C=O) groups is 1. The highest BCUT2D eigenvalue weighted by Gasteiger charge is 2.15. The average molecular weight is 371 g/mol. The molecule has 0 bridgehead atoms. The lowest BCUT2D eigenvalue weighted by Crippen LogP contribution is -2.39. The van der Waals surface area contributed by atoms with E-state index in [1.54, 1.807) is 19.1 Å². The van der Waals surface area contributed by atoms with Gasteiger partial charge in [0.2, 0.25) is 0 Å². The molecule has 0 saturated heterocycles. The smallest absolute Gasteiger partial charge is 0.124 e. The molecule has 0 spiro atoms. The average Bonchev–Trinajstić information content (AvgIpc) is 2.67. The van der Waals surface area contributed by atoms with Gasteiger partial charge < -0.3 is 25.1 Å². The number of benzene rings is 2. The first-order valence-electron chi connectivity index (χ1n) is 9.33. The molecule has 3 atom stereocenters. The number of nitrogens with one attached hydrogen (secondary N) is 1. The van der Waals surface area contributed by atoms with E-state index < -0.39 is 6.10 Å². The molecule has 2 rings (SSSR count). The zero-order valence-electron chi connectivity index (χ0n) is 15.8. The summed E-state index contributed by atoms with van der Waals surface area (Å²) in [6.07, 6.45) is 1.88. The summed E-state index contributed by atoms with van der Waals surface area (Å²) in [6.45, 7) is 2.95. The highest BCUT2D eigenvalue weighted by molar-refractivity contribution is 5.54. The van der Waals surface area contributed by atoms with Gasteiger partial charge in [-0.15, -0.1) is 0 Å². The minimum absolute atomic E-state index is 0.00603. The Hall–Kier alpha value is -2.21. The van der Waals surface area contributed by atoms with Gasteiger partial charge in [0.15, 0.2) is 0 Å². The molecule has 0 aliphatic carbocycles. The Balaban J connectivity index is 1.92. The van der Waals surface area contributed by atoms with Gasteiger partial charge in [0, 0.05) is 18.5 Å². The second-order valence-electron chi connectivity index (χ2n) is 6.95. The summed E-state index contributed by atoms with van der Waals surface area (Å²) in [5.41, 5.74) is 2.20. The molecule has 2 aromatic carbocycles. The number of rotatable bonds is 12. The number of phenols is 1.